The summed E-state index contributed by atoms with van der Waals surface area (Å²) in [4.78, 5) is 11.5. The highest BCUT2D eigenvalue weighted by atomic mass is 79.9. The van der Waals surface area contributed by atoms with E-state index in [0.29, 0.717) is 13.0 Å². The molecule has 3 rings (SSSR count). The molecule has 0 saturated carbocycles. The van der Waals surface area contributed by atoms with E-state index in [4.69, 9.17) is 4.74 Å². The van der Waals surface area contributed by atoms with Crippen molar-refractivity contribution in [1.82, 2.24) is 0 Å². The van der Waals surface area contributed by atoms with Crippen LogP contribution in [0.3, 0.4) is 0 Å². The average Bonchev–Trinajstić information content (AvgIpc) is 2.86. The van der Waals surface area contributed by atoms with Crippen LogP contribution in [0.5, 0.6) is 5.75 Å². The molecule has 21 heavy (non-hydrogen) atoms. The SMILES string of the molecule is CCOc1ccc(C(Br)c2ccc3c(c2)CC(=O)N3)cc1. The number of amides is 1. The second-order valence-electron chi connectivity index (χ2n) is 5.01. The predicted molar refractivity (Wildman–Crippen MR) is 87.2 cm³/mol. The summed E-state index contributed by atoms with van der Waals surface area (Å²) in [7, 11) is 0. The van der Waals surface area contributed by atoms with E-state index in [2.05, 4.69) is 39.4 Å². The van der Waals surface area contributed by atoms with Gasteiger partial charge in [0.1, 0.15) is 5.75 Å². The van der Waals surface area contributed by atoms with Crippen LogP contribution >= 0.6 is 15.9 Å². The molecular formula is C17H16BrNO2. The zero-order valence-electron chi connectivity index (χ0n) is 11.7. The number of benzene rings is 2. The van der Waals surface area contributed by atoms with Crippen molar-refractivity contribution in [2.45, 2.75) is 18.2 Å². The standard InChI is InChI=1S/C17H16BrNO2/c1-2-21-14-6-3-11(4-7-14)17(18)12-5-8-15-13(9-12)10-16(20)19-15/h3-9,17H,2,10H2,1H3,(H,19,20). The lowest BCUT2D eigenvalue weighted by Gasteiger charge is -2.13. The van der Waals surface area contributed by atoms with Gasteiger partial charge in [0.25, 0.3) is 0 Å². The molecule has 1 heterocycles. The van der Waals surface area contributed by atoms with E-state index in [1.54, 1.807) is 0 Å². The van der Waals surface area contributed by atoms with E-state index in [9.17, 15) is 4.79 Å². The van der Waals surface area contributed by atoms with Crippen molar-refractivity contribution < 1.29 is 9.53 Å². The third-order valence-electron chi connectivity index (χ3n) is 3.53. The smallest absolute Gasteiger partial charge is 0.228 e. The summed E-state index contributed by atoms with van der Waals surface area (Å²) in [6.07, 6.45) is 0.464. The Balaban J connectivity index is 1.83. The maximum Gasteiger partial charge on any atom is 0.228 e. The summed E-state index contributed by atoms with van der Waals surface area (Å²) in [5.41, 5.74) is 4.30. The number of carbonyl (C=O) groups excluding carboxylic acids is 1. The molecule has 108 valence electrons. The van der Waals surface area contributed by atoms with Crippen LogP contribution in [0, 0.1) is 0 Å². The number of anilines is 1. The van der Waals surface area contributed by atoms with Crippen LogP contribution in [0.25, 0.3) is 0 Å². The van der Waals surface area contributed by atoms with Gasteiger partial charge in [0.05, 0.1) is 17.9 Å². The van der Waals surface area contributed by atoms with Crippen LogP contribution in [0.4, 0.5) is 5.69 Å². The van der Waals surface area contributed by atoms with Gasteiger partial charge in [0.15, 0.2) is 0 Å². The highest BCUT2D eigenvalue weighted by molar-refractivity contribution is 9.09. The number of alkyl halides is 1. The van der Waals surface area contributed by atoms with Crippen LogP contribution in [0.2, 0.25) is 0 Å². The maximum atomic E-state index is 11.4. The minimum atomic E-state index is 0.0642. The first-order chi connectivity index (χ1) is 10.2. The van der Waals surface area contributed by atoms with Gasteiger partial charge in [-0.05, 0) is 41.8 Å². The fraction of sp³-hybridized carbons (Fsp3) is 0.235. The molecule has 3 nitrogen and oxygen atoms in total. The molecular weight excluding hydrogens is 330 g/mol. The molecule has 1 N–H and O–H groups in total. The second kappa shape index (κ2) is 5.90. The Morgan fingerprint density at radius 3 is 2.62 bits per heavy atom. The molecule has 1 amide bonds. The van der Waals surface area contributed by atoms with Crippen LogP contribution in [-0.4, -0.2) is 12.5 Å². The first-order valence-corrected chi connectivity index (χ1v) is 7.88. The third-order valence-corrected chi connectivity index (χ3v) is 4.59. The van der Waals surface area contributed by atoms with Crippen molar-refractivity contribution in [1.29, 1.82) is 0 Å². The summed E-state index contributed by atoms with van der Waals surface area (Å²) in [5.74, 6) is 0.944. The predicted octanol–water partition coefficient (Wildman–Crippen LogP) is 4.06. The molecule has 0 radical (unpaired) electrons. The molecule has 1 unspecified atom stereocenters. The zero-order valence-corrected chi connectivity index (χ0v) is 13.3. The Labute approximate surface area is 132 Å². The minimum Gasteiger partial charge on any atom is -0.494 e. The highest BCUT2D eigenvalue weighted by Crippen LogP contribution is 2.35. The molecule has 1 atom stereocenters. The number of halogens is 1. The summed E-state index contributed by atoms with van der Waals surface area (Å²) in [6.45, 7) is 2.64. The summed E-state index contributed by atoms with van der Waals surface area (Å²) < 4.78 is 5.46. The van der Waals surface area contributed by atoms with Gasteiger partial charge in [-0.1, -0.05) is 40.2 Å². The lowest BCUT2D eigenvalue weighted by molar-refractivity contribution is -0.115. The fourth-order valence-corrected chi connectivity index (χ4v) is 3.09. The monoisotopic (exact) mass is 345 g/mol. The number of ether oxygens (including phenoxy) is 1. The summed E-state index contributed by atoms with van der Waals surface area (Å²) in [5, 5.41) is 2.85. The molecule has 1 aliphatic heterocycles. The molecule has 0 aromatic heterocycles. The molecule has 2 aromatic rings. The maximum absolute atomic E-state index is 11.4. The van der Waals surface area contributed by atoms with Gasteiger partial charge in [-0.25, -0.2) is 0 Å². The van der Waals surface area contributed by atoms with Crippen molar-refractivity contribution in [3.05, 3.63) is 59.2 Å². The van der Waals surface area contributed by atoms with Crippen LogP contribution in [0.1, 0.15) is 28.4 Å². The van der Waals surface area contributed by atoms with Gasteiger partial charge in [-0.3, -0.25) is 4.79 Å². The first-order valence-electron chi connectivity index (χ1n) is 6.97. The molecule has 0 saturated heterocycles. The van der Waals surface area contributed by atoms with Crippen molar-refractivity contribution in [3.8, 4) is 5.75 Å². The van der Waals surface area contributed by atoms with Crippen LogP contribution in [0.15, 0.2) is 42.5 Å². The van der Waals surface area contributed by atoms with Crippen molar-refractivity contribution >= 4 is 27.5 Å². The molecule has 0 aliphatic carbocycles. The molecule has 0 bridgehead atoms. The third kappa shape index (κ3) is 2.95. The number of rotatable bonds is 4. The number of hydrogen-bond acceptors (Lipinski definition) is 2. The lowest BCUT2D eigenvalue weighted by Crippen LogP contribution is -2.03. The van der Waals surface area contributed by atoms with Crippen molar-refractivity contribution in [3.63, 3.8) is 0 Å². The normalized spacial score (nSPS) is 14.5. The highest BCUT2D eigenvalue weighted by Gasteiger charge is 2.19. The minimum absolute atomic E-state index is 0.0642. The van der Waals surface area contributed by atoms with Gasteiger partial charge in [-0.15, -0.1) is 0 Å². The van der Waals surface area contributed by atoms with E-state index in [-0.39, 0.29) is 10.7 Å². The second-order valence-corrected chi connectivity index (χ2v) is 5.92. The molecule has 1 aliphatic rings. The Kier molecular flexibility index (Phi) is 3.97. The lowest BCUT2D eigenvalue weighted by atomic mass is 10.0. The molecule has 0 fully saturated rings. The topological polar surface area (TPSA) is 38.3 Å². The number of carbonyl (C=O) groups is 1. The van der Waals surface area contributed by atoms with E-state index in [0.717, 1.165) is 28.1 Å². The molecule has 0 spiro atoms. The van der Waals surface area contributed by atoms with Crippen molar-refractivity contribution in [2.75, 3.05) is 11.9 Å². The van der Waals surface area contributed by atoms with Gasteiger partial charge in [0, 0.05) is 5.69 Å². The Hall–Kier alpha value is -1.81. The quantitative estimate of drug-likeness (QED) is 0.848. The van der Waals surface area contributed by atoms with E-state index in [1.165, 1.54) is 0 Å². The number of fused-ring (bicyclic) bond motifs is 1. The Morgan fingerprint density at radius 1 is 1.19 bits per heavy atom. The number of hydrogen-bond donors (Lipinski definition) is 1. The summed E-state index contributed by atoms with van der Waals surface area (Å²) >= 11 is 3.73. The van der Waals surface area contributed by atoms with Gasteiger partial charge in [0.2, 0.25) is 5.91 Å². The average molecular weight is 346 g/mol. The van der Waals surface area contributed by atoms with Crippen molar-refractivity contribution in [2.24, 2.45) is 0 Å². The zero-order chi connectivity index (χ0) is 14.8. The molecule has 2 aromatic carbocycles. The number of nitrogens with one attached hydrogen (secondary N) is 1. The fourth-order valence-electron chi connectivity index (χ4n) is 2.50. The largest absolute Gasteiger partial charge is 0.494 e. The summed E-state index contributed by atoms with van der Waals surface area (Å²) in [6, 6.07) is 14.2. The van der Waals surface area contributed by atoms with E-state index >= 15 is 0 Å². The van der Waals surface area contributed by atoms with E-state index in [1.807, 2.05) is 31.2 Å². The van der Waals surface area contributed by atoms with Gasteiger partial charge < -0.3 is 10.1 Å². The Bertz CT molecular complexity index is 667. The van der Waals surface area contributed by atoms with Crippen LogP contribution in [-0.2, 0) is 11.2 Å². The van der Waals surface area contributed by atoms with Gasteiger partial charge >= 0.3 is 0 Å². The van der Waals surface area contributed by atoms with Gasteiger partial charge in [-0.2, -0.15) is 0 Å². The van der Waals surface area contributed by atoms with E-state index < -0.39 is 0 Å². The molecule has 4 heteroatoms. The first kappa shape index (κ1) is 14.1. The van der Waals surface area contributed by atoms with Crippen LogP contribution < -0.4 is 10.1 Å². The Morgan fingerprint density at radius 2 is 1.90 bits per heavy atom.